The Kier molecular flexibility index (Phi) is 8.57. The molecule has 7 nitrogen and oxygen atoms in total. The summed E-state index contributed by atoms with van der Waals surface area (Å²) >= 11 is 3.44. The van der Waals surface area contributed by atoms with E-state index in [0.29, 0.717) is 19.6 Å². The van der Waals surface area contributed by atoms with E-state index in [4.69, 9.17) is 4.74 Å². The van der Waals surface area contributed by atoms with Crippen molar-refractivity contribution in [1.29, 1.82) is 0 Å². The third-order valence-corrected chi connectivity index (χ3v) is 7.39. The SMILES string of the molecule is CCN(CC)S(=O)(=O)c1ccc(C(=O)OCC(=O)N(C)Cc2ccccc2Br)cc1. The van der Waals surface area contributed by atoms with Crippen LogP contribution in [0.25, 0.3) is 0 Å². The normalized spacial score (nSPS) is 11.4. The summed E-state index contributed by atoms with van der Waals surface area (Å²) in [6, 6.07) is 13.0. The standard InChI is InChI=1S/C21H25BrN2O5S/c1-4-24(5-2)30(27,28)18-12-10-16(11-13-18)21(26)29-15-20(25)23(3)14-17-8-6-7-9-19(17)22/h6-13H,4-5,14-15H2,1-3H3. The molecule has 0 aromatic heterocycles. The lowest BCUT2D eigenvalue weighted by molar-refractivity contribution is -0.133. The van der Waals surface area contributed by atoms with Crippen LogP contribution in [-0.2, 0) is 26.1 Å². The molecule has 0 N–H and O–H groups in total. The Morgan fingerprint density at radius 1 is 1.00 bits per heavy atom. The maximum absolute atomic E-state index is 12.5. The van der Waals surface area contributed by atoms with Crippen LogP contribution in [0.5, 0.6) is 0 Å². The van der Waals surface area contributed by atoms with Gasteiger partial charge in [0.2, 0.25) is 10.0 Å². The second kappa shape index (κ2) is 10.7. The lowest BCUT2D eigenvalue weighted by Crippen LogP contribution is -2.31. The smallest absolute Gasteiger partial charge is 0.338 e. The maximum atomic E-state index is 12.5. The molecule has 2 rings (SSSR count). The molecule has 0 aliphatic heterocycles. The summed E-state index contributed by atoms with van der Waals surface area (Å²) < 4.78 is 32.3. The Morgan fingerprint density at radius 2 is 1.60 bits per heavy atom. The van der Waals surface area contributed by atoms with Crippen LogP contribution in [0.4, 0.5) is 0 Å². The Bertz CT molecular complexity index is 989. The van der Waals surface area contributed by atoms with Crippen LogP contribution in [0.2, 0.25) is 0 Å². The molecular formula is C21H25BrN2O5S. The first-order valence-electron chi connectivity index (χ1n) is 9.45. The molecule has 0 radical (unpaired) electrons. The van der Waals surface area contributed by atoms with Crippen molar-refractivity contribution in [2.24, 2.45) is 0 Å². The van der Waals surface area contributed by atoms with Crippen molar-refractivity contribution in [3.05, 3.63) is 64.1 Å². The van der Waals surface area contributed by atoms with Gasteiger partial charge in [0.1, 0.15) is 0 Å². The van der Waals surface area contributed by atoms with E-state index in [9.17, 15) is 18.0 Å². The molecule has 0 aliphatic rings. The zero-order chi connectivity index (χ0) is 22.3. The number of carbonyl (C=O) groups excluding carboxylic acids is 2. The molecule has 0 bridgehead atoms. The summed E-state index contributed by atoms with van der Waals surface area (Å²) in [7, 11) is -1.97. The van der Waals surface area contributed by atoms with E-state index >= 15 is 0 Å². The summed E-state index contributed by atoms with van der Waals surface area (Å²) in [6.45, 7) is 4.21. The van der Waals surface area contributed by atoms with Crippen LogP contribution in [-0.4, -0.2) is 56.2 Å². The number of ether oxygens (including phenoxy) is 1. The molecule has 1 amide bonds. The van der Waals surface area contributed by atoms with E-state index in [0.717, 1.165) is 10.0 Å². The number of benzene rings is 2. The fraction of sp³-hybridized carbons (Fsp3) is 0.333. The molecule has 30 heavy (non-hydrogen) atoms. The summed E-state index contributed by atoms with van der Waals surface area (Å²) in [4.78, 5) is 26.1. The number of hydrogen-bond donors (Lipinski definition) is 0. The predicted molar refractivity (Wildman–Crippen MR) is 117 cm³/mol. The van der Waals surface area contributed by atoms with Crippen molar-refractivity contribution in [3.63, 3.8) is 0 Å². The van der Waals surface area contributed by atoms with Crippen LogP contribution < -0.4 is 0 Å². The van der Waals surface area contributed by atoms with Gasteiger partial charge in [-0.1, -0.05) is 48.0 Å². The molecule has 0 unspecified atom stereocenters. The van der Waals surface area contributed by atoms with Gasteiger partial charge in [-0.25, -0.2) is 13.2 Å². The van der Waals surface area contributed by atoms with E-state index in [1.165, 1.54) is 33.5 Å². The second-order valence-electron chi connectivity index (χ2n) is 6.53. The summed E-state index contributed by atoms with van der Waals surface area (Å²) in [5.41, 5.74) is 1.11. The highest BCUT2D eigenvalue weighted by molar-refractivity contribution is 9.10. The molecule has 2 aromatic rings. The largest absolute Gasteiger partial charge is 0.452 e. The lowest BCUT2D eigenvalue weighted by atomic mass is 10.2. The van der Waals surface area contributed by atoms with E-state index < -0.39 is 22.6 Å². The third-order valence-electron chi connectivity index (χ3n) is 4.55. The lowest BCUT2D eigenvalue weighted by Gasteiger charge is -2.19. The Balaban J connectivity index is 1.96. The highest BCUT2D eigenvalue weighted by atomic mass is 79.9. The molecular weight excluding hydrogens is 472 g/mol. The highest BCUT2D eigenvalue weighted by Crippen LogP contribution is 2.18. The van der Waals surface area contributed by atoms with Crippen molar-refractivity contribution in [2.45, 2.75) is 25.3 Å². The van der Waals surface area contributed by atoms with Crippen LogP contribution in [0.1, 0.15) is 29.8 Å². The van der Waals surface area contributed by atoms with Crippen LogP contribution >= 0.6 is 15.9 Å². The van der Waals surface area contributed by atoms with Crippen LogP contribution in [0, 0.1) is 0 Å². The van der Waals surface area contributed by atoms with Gasteiger partial charge in [0.05, 0.1) is 10.5 Å². The van der Waals surface area contributed by atoms with E-state index in [-0.39, 0.29) is 16.4 Å². The number of rotatable bonds is 9. The molecule has 2 aromatic carbocycles. The molecule has 0 aliphatic carbocycles. The zero-order valence-corrected chi connectivity index (χ0v) is 19.6. The topological polar surface area (TPSA) is 84.0 Å². The molecule has 0 saturated carbocycles. The highest BCUT2D eigenvalue weighted by Gasteiger charge is 2.22. The van der Waals surface area contributed by atoms with Crippen molar-refractivity contribution in [3.8, 4) is 0 Å². The quantitative estimate of drug-likeness (QED) is 0.497. The van der Waals surface area contributed by atoms with E-state index in [2.05, 4.69) is 15.9 Å². The number of carbonyl (C=O) groups is 2. The molecule has 0 heterocycles. The fourth-order valence-electron chi connectivity index (χ4n) is 2.77. The van der Waals surface area contributed by atoms with Crippen molar-refractivity contribution >= 4 is 37.8 Å². The van der Waals surface area contributed by atoms with Crippen molar-refractivity contribution < 1.29 is 22.7 Å². The number of amides is 1. The first-order chi connectivity index (χ1) is 14.2. The van der Waals surface area contributed by atoms with E-state index in [1.807, 2.05) is 24.3 Å². The number of likely N-dealkylation sites (N-methyl/N-ethyl adjacent to an activating group) is 1. The fourth-order valence-corrected chi connectivity index (χ4v) is 4.63. The van der Waals surface area contributed by atoms with Gasteiger partial charge in [-0.3, -0.25) is 4.79 Å². The molecule has 0 fully saturated rings. The molecule has 0 spiro atoms. The van der Waals surface area contributed by atoms with Crippen molar-refractivity contribution in [2.75, 3.05) is 26.7 Å². The first kappa shape index (κ1) is 24.0. The van der Waals surface area contributed by atoms with Crippen LogP contribution in [0.15, 0.2) is 57.9 Å². The van der Waals surface area contributed by atoms with Gasteiger partial charge in [-0.15, -0.1) is 0 Å². The monoisotopic (exact) mass is 496 g/mol. The minimum Gasteiger partial charge on any atom is -0.452 e. The predicted octanol–water partition coefficient (Wildman–Crippen LogP) is 3.30. The van der Waals surface area contributed by atoms with E-state index in [1.54, 1.807) is 20.9 Å². The van der Waals surface area contributed by atoms with Gasteiger partial charge in [-0.05, 0) is 35.9 Å². The van der Waals surface area contributed by atoms with Crippen molar-refractivity contribution in [1.82, 2.24) is 9.21 Å². The average Bonchev–Trinajstić information content (AvgIpc) is 2.74. The van der Waals surface area contributed by atoms with Gasteiger partial charge in [0.15, 0.2) is 6.61 Å². The minimum absolute atomic E-state index is 0.104. The summed E-state index contributed by atoms with van der Waals surface area (Å²) in [6.07, 6.45) is 0. The van der Waals surface area contributed by atoms with Gasteiger partial charge in [0, 0.05) is 31.2 Å². The number of nitrogens with zero attached hydrogens (tertiary/aromatic N) is 2. The number of halogens is 1. The molecule has 0 atom stereocenters. The van der Waals surface area contributed by atoms with Gasteiger partial charge in [-0.2, -0.15) is 4.31 Å². The number of esters is 1. The maximum Gasteiger partial charge on any atom is 0.338 e. The summed E-state index contributed by atoms with van der Waals surface area (Å²) in [5, 5.41) is 0. The van der Waals surface area contributed by atoms with Gasteiger partial charge >= 0.3 is 5.97 Å². The first-order valence-corrected chi connectivity index (χ1v) is 11.7. The number of sulfonamides is 1. The Hall–Kier alpha value is -2.23. The molecule has 0 saturated heterocycles. The molecule has 9 heteroatoms. The minimum atomic E-state index is -3.60. The van der Waals surface area contributed by atoms with Gasteiger partial charge in [0.25, 0.3) is 5.91 Å². The second-order valence-corrected chi connectivity index (χ2v) is 9.32. The van der Waals surface area contributed by atoms with Crippen LogP contribution in [0.3, 0.4) is 0 Å². The third kappa shape index (κ3) is 5.90. The van der Waals surface area contributed by atoms with Gasteiger partial charge < -0.3 is 9.64 Å². The zero-order valence-electron chi connectivity index (χ0n) is 17.2. The Morgan fingerprint density at radius 3 is 2.17 bits per heavy atom. The molecule has 162 valence electrons. The number of hydrogen-bond acceptors (Lipinski definition) is 5. The Labute approximate surface area is 185 Å². The summed E-state index contributed by atoms with van der Waals surface area (Å²) in [5.74, 6) is -1.04. The average molecular weight is 497 g/mol.